The average Bonchev–Trinajstić information content (AvgIpc) is 3.40. The first kappa shape index (κ1) is 26.4. The number of rotatable bonds is 11. The maximum absolute atomic E-state index is 13.7. The van der Waals surface area contributed by atoms with Crippen molar-refractivity contribution in [3.8, 4) is 0 Å². The zero-order valence-corrected chi connectivity index (χ0v) is 22.0. The van der Waals surface area contributed by atoms with Crippen molar-refractivity contribution in [3.05, 3.63) is 123 Å². The molecule has 0 aliphatic rings. The van der Waals surface area contributed by atoms with E-state index in [1.54, 1.807) is 23.9 Å². The highest BCUT2D eigenvalue weighted by molar-refractivity contribution is 5.79. The van der Waals surface area contributed by atoms with Crippen molar-refractivity contribution in [3.63, 3.8) is 0 Å². The van der Waals surface area contributed by atoms with Crippen LogP contribution in [0.2, 0.25) is 0 Å². The molecule has 0 fully saturated rings. The van der Waals surface area contributed by atoms with Crippen LogP contribution in [0.5, 0.6) is 0 Å². The van der Waals surface area contributed by atoms with E-state index in [1.165, 1.54) is 17.7 Å². The number of ether oxygens (including phenoxy) is 1. The Morgan fingerprint density at radius 2 is 1.82 bits per heavy atom. The lowest BCUT2D eigenvalue weighted by Crippen LogP contribution is -2.36. The minimum Gasteiger partial charge on any atom is -0.383 e. The molecule has 0 saturated carbocycles. The van der Waals surface area contributed by atoms with Crippen LogP contribution in [0.3, 0.4) is 0 Å². The van der Waals surface area contributed by atoms with Crippen LogP contribution < -0.4 is 5.56 Å². The Kier molecular flexibility index (Phi) is 8.19. The van der Waals surface area contributed by atoms with Gasteiger partial charge in [0.25, 0.3) is 5.56 Å². The molecule has 0 radical (unpaired) electrons. The summed E-state index contributed by atoms with van der Waals surface area (Å²) < 4.78 is 20.7. The molecule has 39 heavy (non-hydrogen) atoms. The Balaban J connectivity index is 1.64. The predicted molar refractivity (Wildman–Crippen MR) is 148 cm³/mol. The van der Waals surface area contributed by atoms with E-state index in [1.807, 2.05) is 49.4 Å². The molecule has 1 atom stereocenters. The van der Waals surface area contributed by atoms with Gasteiger partial charge in [-0.1, -0.05) is 54.6 Å². The summed E-state index contributed by atoms with van der Waals surface area (Å²) in [7, 11) is 1.62. The van der Waals surface area contributed by atoms with E-state index in [-0.39, 0.29) is 11.4 Å². The normalized spacial score (nSPS) is 12.3. The number of methoxy groups -OCH3 is 1. The zero-order valence-electron chi connectivity index (χ0n) is 22.0. The van der Waals surface area contributed by atoms with Crippen molar-refractivity contribution in [2.45, 2.75) is 32.5 Å². The summed E-state index contributed by atoms with van der Waals surface area (Å²) in [6, 6.07) is 24.0. The number of hydrogen-bond donors (Lipinski definition) is 1. The van der Waals surface area contributed by atoms with Gasteiger partial charge in [-0.3, -0.25) is 9.69 Å². The smallest absolute Gasteiger partial charge is 0.253 e. The lowest BCUT2D eigenvalue weighted by atomic mass is 10.0. The molecule has 0 aliphatic carbocycles. The highest BCUT2D eigenvalue weighted by atomic mass is 19.1. The van der Waals surface area contributed by atoms with Crippen LogP contribution in [-0.4, -0.2) is 50.4 Å². The average molecular weight is 527 g/mol. The SMILES string of the molecule is COCCn1nnnc1[C@H](c1cc2ccc(C)cc2[nH]c1=O)N(CCc1ccccc1)Cc1ccc(F)cc1. The minimum atomic E-state index is -0.569. The van der Waals surface area contributed by atoms with Gasteiger partial charge in [0, 0.05) is 31.3 Å². The molecule has 0 amide bonds. The first-order chi connectivity index (χ1) is 19.0. The molecule has 5 rings (SSSR count). The Bertz CT molecular complexity index is 1580. The molecule has 9 heteroatoms. The standard InChI is InChI=1S/C30H31FN6O2/c1-21-8-11-24-19-26(30(38)32-27(24)18-21)28(29-33-34-35-37(29)16-17-39-2)36(15-14-22-6-4-3-5-7-22)20-23-9-12-25(31)13-10-23/h3-13,18-19,28H,14-17,20H2,1-2H3,(H,32,38)/t28-/m0/s1. The van der Waals surface area contributed by atoms with Gasteiger partial charge < -0.3 is 9.72 Å². The molecule has 5 aromatic rings. The number of aryl methyl sites for hydroxylation is 1. The van der Waals surface area contributed by atoms with Gasteiger partial charge in [-0.15, -0.1) is 5.10 Å². The van der Waals surface area contributed by atoms with E-state index in [2.05, 4.69) is 37.5 Å². The van der Waals surface area contributed by atoms with E-state index in [0.29, 0.717) is 37.6 Å². The summed E-state index contributed by atoms with van der Waals surface area (Å²) >= 11 is 0. The van der Waals surface area contributed by atoms with Crippen LogP contribution >= 0.6 is 0 Å². The quantitative estimate of drug-likeness (QED) is 0.274. The van der Waals surface area contributed by atoms with Crippen molar-refractivity contribution < 1.29 is 9.13 Å². The fourth-order valence-electron chi connectivity index (χ4n) is 4.82. The predicted octanol–water partition coefficient (Wildman–Crippen LogP) is 4.44. The van der Waals surface area contributed by atoms with Crippen molar-refractivity contribution in [2.24, 2.45) is 0 Å². The summed E-state index contributed by atoms with van der Waals surface area (Å²) in [5.41, 5.74) is 4.25. The third-order valence-corrected chi connectivity index (χ3v) is 6.83. The van der Waals surface area contributed by atoms with Gasteiger partial charge in [-0.2, -0.15) is 0 Å². The maximum Gasteiger partial charge on any atom is 0.253 e. The van der Waals surface area contributed by atoms with Crippen molar-refractivity contribution >= 4 is 10.9 Å². The largest absolute Gasteiger partial charge is 0.383 e. The van der Waals surface area contributed by atoms with Crippen molar-refractivity contribution in [1.82, 2.24) is 30.1 Å². The van der Waals surface area contributed by atoms with E-state index in [4.69, 9.17) is 4.74 Å². The molecule has 0 aliphatic heterocycles. The van der Waals surface area contributed by atoms with E-state index < -0.39 is 6.04 Å². The van der Waals surface area contributed by atoms with Crippen LogP contribution in [0.4, 0.5) is 4.39 Å². The van der Waals surface area contributed by atoms with Crippen LogP contribution in [0.1, 0.15) is 34.1 Å². The Hall–Kier alpha value is -4.21. The van der Waals surface area contributed by atoms with Crippen LogP contribution in [-0.2, 0) is 24.2 Å². The number of hydrogen-bond acceptors (Lipinski definition) is 6. The number of nitrogens with one attached hydrogen (secondary N) is 1. The molecule has 1 N–H and O–H groups in total. The summed E-state index contributed by atoms with van der Waals surface area (Å²) in [5.74, 6) is 0.245. The van der Waals surface area contributed by atoms with Gasteiger partial charge >= 0.3 is 0 Å². The molecule has 3 aromatic carbocycles. The van der Waals surface area contributed by atoms with Gasteiger partial charge in [0.2, 0.25) is 0 Å². The number of tetrazole rings is 1. The number of benzene rings is 3. The molecule has 200 valence electrons. The molecule has 0 saturated heterocycles. The van der Waals surface area contributed by atoms with Gasteiger partial charge in [0.1, 0.15) is 11.9 Å². The second-order valence-electron chi connectivity index (χ2n) is 9.63. The topological polar surface area (TPSA) is 88.9 Å². The summed E-state index contributed by atoms with van der Waals surface area (Å²) in [5, 5.41) is 13.5. The Morgan fingerprint density at radius 3 is 2.59 bits per heavy atom. The zero-order chi connectivity index (χ0) is 27.2. The molecular formula is C30H31FN6O2. The van der Waals surface area contributed by atoms with Crippen LogP contribution in [0.15, 0.2) is 83.7 Å². The number of aromatic nitrogens is 5. The third-order valence-electron chi connectivity index (χ3n) is 6.83. The minimum absolute atomic E-state index is 0.205. The first-order valence-corrected chi connectivity index (χ1v) is 12.9. The second-order valence-corrected chi connectivity index (χ2v) is 9.63. The Morgan fingerprint density at radius 1 is 1.03 bits per heavy atom. The Labute approximate surface area is 226 Å². The number of H-pyrrole nitrogens is 1. The molecule has 2 heterocycles. The van der Waals surface area contributed by atoms with Gasteiger partial charge in [-0.25, -0.2) is 9.07 Å². The van der Waals surface area contributed by atoms with Crippen LogP contribution in [0, 0.1) is 12.7 Å². The second kappa shape index (κ2) is 12.1. The third kappa shape index (κ3) is 6.27. The highest BCUT2D eigenvalue weighted by Crippen LogP contribution is 2.29. The highest BCUT2D eigenvalue weighted by Gasteiger charge is 2.30. The molecule has 2 aromatic heterocycles. The monoisotopic (exact) mass is 526 g/mol. The van der Waals surface area contributed by atoms with E-state index in [0.717, 1.165) is 28.5 Å². The fourth-order valence-corrected chi connectivity index (χ4v) is 4.82. The van der Waals surface area contributed by atoms with Crippen molar-refractivity contribution in [2.75, 3.05) is 20.3 Å². The summed E-state index contributed by atoms with van der Waals surface area (Å²) in [6.07, 6.45) is 0.739. The molecule has 0 spiro atoms. The molecule has 0 bridgehead atoms. The molecule has 8 nitrogen and oxygen atoms in total. The number of aromatic amines is 1. The number of fused-ring (bicyclic) bond motifs is 1. The number of nitrogens with zero attached hydrogens (tertiary/aromatic N) is 5. The van der Waals surface area contributed by atoms with E-state index in [9.17, 15) is 9.18 Å². The summed E-state index contributed by atoms with van der Waals surface area (Å²) in [4.78, 5) is 18.9. The van der Waals surface area contributed by atoms with Crippen molar-refractivity contribution in [1.29, 1.82) is 0 Å². The first-order valence-electron chi connectivity index (χ1n) is 12.9. The summed E-state index contributed by atoms with van der Waals surface area (Å²) in [6.45, 7) is 3.91. The van der Waals surface area contributed by atoms with Crippen LogP contribution in [0.25, 0.3) is 10.9 Å². The molecular weight excluding hydrogens is 495 g/mol. The van der Waals surface area contributed by atoms with E-state index >= 15 is 0 Å². The number of halogens is 1. The van der Waals surface area contributed by atoms with Gasteiger partial charge in [0.15, 0.2) is 5.82 Å². The van der Waals surface area contributed by atoms with Gasteiger partial charge in [-0.05, 0) is 70.1 Å². The molecule has 0 unspecified atom stereocenters. The lowest BCUT2D eigenvalue weighted by molar-refractivity contribution is 0.172. The van der Waals surface area contributed by atoms with Gasteiger partial charge in [0.05, 0.1) is 13.2 Å². The number of pyridine rings is 1. The lowest BCUT2D eigenvalue weighted by Gasteiger charge is -2.31. The fraction of sp³-hybridized carbons (Fsp3) is 0.267. The maximum atomic E-state index is 13.7.